The Labute approximate surface area is 168 Å². The number of rotatable bonds is 8. The van der Waals surface area contributed by atoms with Gasteiger partial charge < -0.3 is 20.1 Å². The number of carbonyl (C=O) groups is 1. The third-order valence-electron chi connectivity index (χ3n) is 3.91. The summed E-state index contributed by atoms with van der Waals surface area (Å²) in [5.74, 6) is 1.68. The van der Waals surface area contributed by atoms with Crippen LogP contribution in [-0.4, -0.2) is 36.4 Å². The van der Waals surface area contributed by atoms with E-state index in [9.17, 15) is 4.79 Å². The molecule has 3 aromatic rings. The fourth-order valence-corrected chi connectivity index (χ4v) is 2.39. The van der Waals surface area contributed by atoms with Crippen molar-refractivity contribution in [2.45, 2.75) is 0 Å². The predicted molar refractivity (Wildman–Crippen MR) is 108 cm³/mol. The Bertz CT molecular complexity index is 981. The molecule has 146 valence electrons. The van der Waals surface area contributed by atoms with Gasteiger partial charge in [0.25, 0.3) is 5.91 Å². The number of amides is 1. The van der Waals surface area contributed by atoms with Crippen LogP contribution >= 0.6 is 0 Å². The monoisotopic (exact) mass is 389 g/mol. The number of carbonyl (C=O) groups excluding carboxylic acids is 1. The van der Waals surface area contributed by atoms with Crippen molar-refractivity contribution in [3.05, 3.63) is 71.9 Å². The highest BCUT2D eigenvalue weighted by atomic mass is 16.5. The van der Waals surface area contributed by atoms with Gasteiger partial charge in [-0.15, -0.1) is 10.2 Å². The average molecular weight is 389 g/mol. The minimum atomic E-state index is -0.378. The molecule has 2 N–H and O–H groups in total. The second-order valence-corrected chi connectivity index (χ2v) is 5.90. The van der Waals surface area contributed by atoms with Crippen LogP contribution in [0, 0.1) is 11.3 Å². The molecule has 1 amide bonds. The Balaban J connectivity index is 1.45. The van der Waals surface area contributed by atoms with Crippen LogP contribution in [0.25, 0.3) is 0 Å². The van der Waals surface area contributed by atoms with Gasteiger partial charge in [0, 0.05) is 5.69 Å². The average Bonchev–Trinajstić information content (AvgIpc) is 2.78. The van der Waals surface area contributed by atoms with Crippen LogP contribution in [0.3, 0.4) is 0 Å². The van der Waals surface area contributed by atoms with E-state index in [1.807, 2.05) is 30.3 Å². The Hall–Kier alpha value is -4.12. The Kier molecular flexibility index (Phi) is 6.58. The quantitative estimate of drug-likeness (QED) is 0.570. The SMILES string of the molecule is COc1ccc(OCCNc2ccc(C(=O)Nc3ccc(C#N)cc3)nn2)cc1. The lowest BCUT2D eigenvalue weighted by Crippen LogP contribution is -2.16. The molecule has 0 radical (unpaired) electrons. The van der Waals surface area contributed by atoms with Gasteiger partial charge >= 0.3 is 0 Å². The molecule has 1 heterocycles. The lowest BCUT2D eigenvalue weighted by Gasteiger charge is -2.09. The van der Waals surface area contributed by atoms with Gasteiger partial charge in [0.2, 0.25) is 0 Å². The third-order valence-corrected chi connectivity index (χ3v) is 3.91. The van der Waals surface area contributed by atoms with Gasteiger partial charge in [0.15, 0.2) is 5.69 Å². The van der Waals surface area contributed by atoms with Crippen molar-refractivity contribution in [2.75, 3.05) is 30.9 Å². The molecular formula is C21H19N5O3. The number of ether oxygens (including phenoxy) is 2. The summed E-state index contributed by atoms with van der Waals surface area (Å²) in [5.41, 5.74) is 1.29. The number of nitriles is 1. The standard InChI is InChI=1S/C21H19N5O3/c1-28-17-6-8-18(9-7-17)29-13-12-23-20-11-10-19(25-26-20)21(27)24-16-4-2-15(14-22)3-5-16/h2-11H,12-13H2,1H3,(H,23,26)(H,24,27). The molecule has 3 rings (SSSR count). The van der Waals surface area contributed by atoms with Crippen molar-refractivity contribution < 1.29 is 14.3 Å². The van der Waals surface area contributed by atoms with E-state index >= 15 is 0 Å². The van der Waals surface area contributed by atoms with Crippen molar-refractivity contribution in [1.29, 1.82) is 5.26 Å². The number of hydrogen-bond acceptors (Lipinski definition) is 7. The summed E-state index contributed by atoms with van der Waals surface area (Å²) in [6, 6.07) is 19.2. The lowest BCUT2D eigenvalue weighted by molar-refractivity contribution is 0.102. The van der Waals surface area contributed by atoms with E-state index in [4.69, 9.17) is 14.7 Å². The highest BCUT2D eigenvalue weighted by molar-refractivity contribution is 6.02. The van der Waals surface area contributed by atoms with E-state index in [0.29, 0.717) is 30.2 Å². The number of nitrogens with one attached hydrogen (secondary N) is 2. The number of nitrogens with zero attached hydrogens (tertiary/aromatic N) is 3. The van der Waals surface area contributed by atoms with Crippen molar-refractivity contribution in [3.63, 3.8) is 0 Å². The van der Waals surface area contributed by atoms with Crippen LogP contribution in [0.4, 0.5) is 11.5 Å². The minimum Gasteiger partial charge on any atom is -0.497 e. The molecule has 0 spiro atoms. The van der Waals surface area contributed by atoms with Crippen molar-refractivity contribution in [2.24, 2.45) is 0 Å². The minimum absolute atomic E-state index is 0.189. The van der Waals surface area contributed by atoms with Gasteiger partial charge in [0.1, 0.15) is 23.9 Å². The van der Waals surface area contributed by atoms with Gasteiger partial charge in [-0.2, -0.15) is 5.26 Å². The molecule has 0 bridgehead atoms. The highest BCUT2D eigenvalue weighted by Crippen LogP contribution is 2.17. The molecule has 0 aliphatic carbocycles. The van der Waals surface area contributed by atoms with Gasteiger partial charge in [-0.25, -0.2) is 0 Å². The molecule has 0 atom stereocenters. The van der Waals surface area contributed by atoms with Gasteiger partial charge in [-0.05, 0) is 60.7 Å². The zero-order valence-electron chi connectivity index (χ0n) is 15.8. The fraction of sp³-hybridized carbons (Fsp3) is 0.143. The molecule has 0 unspecified atom stereocenters. The van der Waals surface area contributed by atoms with E-state index in [1.54, 1.807) is 43.5 Å². The van der Waals surface area contributed by atoms with E-state index in [-0.39, 0.29) is 11.6 Å². The summed E-state index contributed by atoms with van der Waals surface area (Å²) in [4.78, 5) is 12.2. The van der Waals surface area contributed by atoms with Crippen LogP contribution in [0.5, 0.6) is 11.5 Å². The first-order valence-corrected chi connectivity index (χ1v) is 8.84. The molecule has 0 saturated carbocycles. The number of methoxy groups -OCH3 is 1. The van der Waals surface area contributed by atoms with Crippen LogP contribution in [0.2, 0.25) is 0 Å². The van der Waals surface area contributed by atoms with Crippen LogP contribution < -0.4 is 20.1 Å². The number of hydrogen-bond donors (Lipinski definition) is 2. The molecule has 2 aromatic carbocycles. The molecule has 0 saturated heterocycles. The number of anilines is 2. The maximum absolute atomic E-state index is 12.2. The largest absolute Gasteiger partial charge is 0.497 e. The van der Waals surface area contributed by atoms with E-state index in [0.717, 1.165) is 11.5 Å². The fourth-order valence-electron chi connectivity index (χ4n) is 2.39. The maximum Gasteiger partial charge on any atom is 0.276 e. The van der Waals surface area contributed by atoms with Crippen LogP contribution in [-0.2, 0) is 0 Å². The maximum atomic E-state index is 12.2. The van der Waals surface area contributed by atoms with Gasteiger partial charge in [-0.3, -0.25) is 4.79 Å². The zero-order chi connectivity index (χ0) is 20.5. The molecule has 8 heteroatoms. The lowest BCUT2D eigenvalue weighted by atomic mass is 10.2. The first kappa shape index (κ1) is 19.6. The number of benzene rings is 2. The summed E-state index contributed by atoms with van der Waals surface area (Å²) in [7, 11) is 1.61. The van der Waals surface area contributed by atoms with Gasteiger partial charge in [0.05, 0.1) is 25.3 Å². The van der Waals surface area contributed by atoms with Crippen molar-refractivity contribution in [1.82, 2.24) is 10.2 Å². The summed E-state index contributed by atoms with van der Waals surface area (Å²) in [5, 5.41) is 22.5. The summed E-state index contributed by atoms with van der Waals surface area (Å²) in [6.07, 6.45) is 0. The molecule has 0 aliphatic heterocycles. The van der Waals surface area contributed by atoms with Crippen LogP contribution in [0.1, 0.15) is 16.1 Å². The molecule has 8 nitrogen and oxygen atoms in total. The van der Waals surface area contributed by atoms with Crippen molar-refractivity contribution in [3.8, 4) is 17.6 Å². The zero-order valence-corrected chi connectivity index (χ0v) is 15.8. The van der Waals surface area contributed by atoms with E-state index < -0.39 is 0 Å². The summed E-state index contributed by atoms with van der Waals surface area (Å²) >= 11 is 0. The highest BCUT2D eigenvalue weighted by Gasteiger charge is 2.09. The third kappa shape index (κ3) is 5.68. The van der Waals surface area contributed by atoms with E-state index in [2.05, 4.69) is 20.8 Å². The topological polar surface area (TPSA) is 109 Å². The van der Waals surface area contributed by atoms with Gasteiger partial charge in [-0.1, -0.05) is 0 Å². The first-order chi connectivity index (χ1) is 14.2. The second kappa shape index (κ2) is 9.71. The smallest absolute Gasteiger partial charge is 0.276 e. The van der Waals surface area contributed by atoms with Crippen molar-refractivity contribution >= 4 is 17.4 Å². The molecular weight excluding hydrogens is 370 g/mol. The normalized spacial score (nSPS) is 9.93. The Morgan fingerprint density at radius 1 is 1.00 bits per heavy atom. The molecule has 1 aromatic heterocycles. The Morgan fingerprint density at radius 2 is 1.72 bits per heavy atom. The second-order valence-electron chi connectivity index (χ2n) is 5.90. The Morgan fingerprint density at radius 3 is 2.34 bits per heavy atom. The summed E-state index contributed by atoms with van der Waals surface area (Å²) < 4.78 is 10.7. The first-order valence-electron chi connectivity index (χ1n) is 8.84. The number of aromatic nitrogens is 2. The van der Waals surface area contributed by atoms with Crippen LogP contribution in [0.15, 0.2) is 60.7 Å². The molecule has 0 fully saturated rings. The molecule has 0 aliphatic rings. The van der Waals surface area contributed by atoms with E-state index in [1.165, 1.54) is 0 Å². The summed E-state index contributed by atoms with van der Waals surface area (Å²) in [6.45, 7) is 0.965. The predicted octanol–water partition coefficient (Wildman–Crippen LogP) is 3.10. The molecule has 29 heavy (non-hydrogen) atoms.